The van der Waals surface area contributed by atoms with Crippen LogP contribution in [0.15, 0.2) is 18.2 Å². The van der Waals surface area contributed by atoms with Crippen molar-refractivity contribution in [3.8, 4) is 5.75 Å². The van der Waals surface area contributed by atoms with Crippen molar-refractivity contribution in [2.24, 2.45) is 0 Å². The van der Waals surface area contributed by atoms with E-state index in [0.717, 1.165) is 24.9 Å². The molecule has 0 saturated carbocycles. The summed E-state index contributed by atoms with van der Waals surface area (Å²) in [5, 5.41) is 0. The van der Waals surface area contributed by atoms with E-state index >= 15 is 0 Å². The van der Waals surface area contributed by atoms with Gasteiger partial charge in [0, 0.05) is 0 Å². The lowest BCUT2D eigenvalue weighted by Gasteiger charge is -2.12. The van der Waals surface area contributed by atoms with Crippen molar-refractivity contribution < 1.29 is 13.1 Å². The van der Waals surface area contributed by atoms with Crippen LogP contribution in [0.3, 0.4) is 0 Å². The Labute approximate surface area is 188 Å². The second-order valence-corrected chi connectivity index (χ2v) is 9.05. The Morgan fingerprint density at radius 3 is 1.83 bits per heavy atom. The summed E-state index contributed by atoms with van der Waals surface area (Å²) in [6.07, 6.45) is 19.5. The second-order valence-electron chi connectivity index (χ2n) is 8.14. The Kier molecular flexibility index (Phi) is 16.8. The largest absolute Gasteiger partial charge is 0.495 e. The van der Waals surface area contributed by atoms with E-state index in [1.54, 1.807) is 7.11 Å². The van der Waals surface area contributed by atoms with Gasteiger partial charge in [-0.05, 0) is 30.5 Å². The maximum atomic E-state index is 12.1. The average molecular weight is 440 g/mol. The Hall–Kier alpha value is -1.07. The fourth-order valence-electron chi connectivity index (χ4n) is 3.61. The summed E-state index contributed by atoms with van der Waals surface area (Å²) in [5.74, 6) is 0.681. The summed E-state index contributed by atoms with van der Waals surface area (Å²) in [6, 6.07) is 5.88. The zero-order valence-corrected chi connectivity index (χ0v) is 20.5. The monoisotopic (exact) mass is 439 g/mol. The Morgan fingerprint density at radius 2 is 1.33 bits per heavy atom. The van der Waals surface area contributed by atoms with Crippen LogP contribution in [0, 0.1) is 0 Å². The third-order valence-electron chi connectivity index (χ3n) is 5.55. The molecule has 0 aromatic heterocycles. The zero-order valence-electron chi connectivity index (χ0n) is 19.7. The molecule has 0 aliphatic rings. The molecule has 0 spiro atoms. The normalized spacial score (nSPS) is 12.1. The standard InChI is InChI=1S/C25H45NO3S/c1-4-6-7-8-9-10-11-12-13-14-15-16-17-18-21-29-30(27)26-24-22-23(5-2)19-20-25(24)28-3/h19-20,22,26H,4-18,21H2,1-3H3. The van der Waals surface area contributed by atoms with E-state index in [2.05, 4.69) is 18.6 Å². The van der Waals surface area contributed by atoms with Gasteiger partial charge in [0.1, 0.15) is 5.75 Å². The Balaban J connectivity index is 1.96. The highest BCUT2D eigenvalue weighted by Gasteiger charge is 2.08. The van der Waals surface area contributed by atoms with E-state index in [4.69, 9.17) is 8.92 Å². The van der Waals surface area contributed by atoms with Gasteiger partial charge in [0.15, 0.2) is 0 Å². The third-order valence-corrected chi connectivity index (χ3v) is 6.32. The van der Waals surface area contributed by atoms with Gasteiger partial charge in [-0.1, -0.05) is 103 Å². The van der Waals surface area contributed by atoms with Gasteiger partial charge in [-0.2, -0.15) is 0 Å². The van der Waals surface area contributed by atoms with Gasteiger partial charge >= 0.3 is 0 Å². The first-order valence-corrected chi connectivity index (χ1v) is 13.3. The fraction of sp³-hybridized carbons (Fsp3) is 0.760. The van der Waals surface area contributed by atoms with Gasteiger partial charge in [0.05, 0.1) is 19.4 Å². The first kappa shape index (κ1) is 27.0. The highest BCUT2D eigenvalue weighted by Crippen LogP contribution is 2.26. The van der Waals surface area contributed by atoms with E-state index in [-0.39, 0.29) is 0 Å². The number of nitrogens with one attached hydrogen (secondary N) is 1. The molecule has 0 amide bonds. The lowest BCUT2D eigenvalue weighted by Crippen LogP contribution is -2.10. The number of benzene rings is 1. The van der Waals surface area contributed by atoms with Gasteiger partial charge in [-0.3, -0.25) is 8.91 Å². The minimum atomic E-state index is -1.54. The van der Waals surface area contributed by atoms with Gasteiger partial charge in [0.25, 0.3) is 11.3 Å². The van der Waals surface area contributed by atoms with Crippen LogP contribution in [-0.4, -0.2) is 17.9 Å². The van der Waals surface area contributed by atoms with Crippen molar-refractivity contribution in [2.75, 3.05) is 18.4 Å². The van der Waals surface area contributed by atoms with Crippen molar-refractivity contribution in [1.29, 1.82) is 0 Å². The molecule has 0 fully saturated rings. The molecule has 0 radical (unpaired) electrons. The number of anilines is 1. The molecule has 30 heavy (non-hydrogen) atoms. The quantitative estimate of drug-likeness (QED) is 0.211. The van der Waals surface area contributed by atoms with E-state index in [1.165, 1.54) is 82.6 Å². The van der Waals surface area contributed by atoms with Crippen LogP contribution in [0.1, 0.15) is 109 Å². The molecule has 4 nitrogen and oxygen atoms in total. The summed E-state index contributed by atoms with van der Waals surface area (Å²) >= 11 is -1.54. The molecule has 1 unspecified atom stereocenters. The summed E-state index contributed by atoms with van der Waals surface area (Å²) in [7, 11) is 1.62. The molecular formula is C25H45NO3S. The molecule has 1 aromatic carbocycles. The number of unbranched alkanes of at least 4 members (excludes halogenated alkanes) is 13. The number of ether oxygens (including phenoxy) is 1. The van der Waals surface area contributed by atoms with Crippen LogP contribution >= 0.6 is 0 Å². The summed E-state index contributed by atoms with van der Waals surface area (Å²) < 4.78 is 25.8. The second kappa shape index (κ2) is 18.7. The summed E-state index contributed by atoms with van der Waals surface area (Å²) in [4.78, 5) is 0. The van der Waals surface area contributed by atoms with Gasteiger partial charge < -0.3 is 4.74 Å². The van der Waals surface area contributed by atoms with Crippen LogP contribution in [0.4, 0.5) is 5.69 Å². The predicted molar refractivity (Wildman–Crippen MR) is 130 cm³/mol. The first-order chi connectivity index (χ1) is 14.7. The van der Waals surface area contributed by atoms with Crippen molar-refractivity contribution in [2.45, 2.75) is 110 Å². The highest BCUT2D eigenvalue weighted by molar-refractivity contribution is 7.81. The molecule has 0 aliphatic heterocycles. The van der Waals surface area contributed by atoms with Crippen LogP contribution in [-0.2, 0) is 21.9 Å². The number of aryl methyl sites for hydroxylation is 1. The molecule has 1 N–H and O–H groups in total. The van der Waals surface area contributed by atoms with E-state index < -0.39 is 11.3 Å². The van der Waals surface area contributed by atoms with E-state index in [1.807, 2.05) is 18.2 Å². The number of methoxy groups -OCH3 is 1. The van der Waals surface area contributed by atoms with Crippen molar-refractivity contribution in [3.05, 3.63) is 23.8 Å². The van der Waals surface area contributed by atoms with E-state index in [9.17, 15) is 4.21 Å². The van der Waals surface area contributed by atoms with Crippen LogP contribution in [0.5, 0.6) is 5.75 Å². The molecular weight excluding hydrogens is 394 g/mol. The molecule has 174 valence electrons. The minimum absolute atomic E-state index is 0.521. The van der Waals surface area contributed by atoms with Crippen molar-refractivity contribution in [1.82, 2.24) is 0 Å². The third kappa shape index (κ3) is 13.3. The SMILES string of the molecule is CCCCCCCCCCCCCCCCOS(=O)Nc1cc(CC)ccc1OC. The smallest absolute Gasteiger partial charge is 0.261 e. The Bertz CT molecular complexity index is 565. The molecule has 1 rings (SSSR count). The Morgan fingerprint density at radius 1 is 0.800 bits per heavy atom. The van der Waals surface area contributed by atoms with Gasteiger partial charge in [-0.15, -0.1) is 0 Å². The first-order valence-electron chi connectivity index (χ1n) is 12.2. The minimum Gasteiger partial charge on any atom is -0.495 e. The molecule has 0 bridgehead atoms. The number of hydrogen-bond donors (Lipinski definition) is 1. The average Bonchev–Trinajstić information content (AvgIpc) is 2.76. The fourth-order valence-corrected chi connectivity index (χ4v) is 4.27. The van der Waals surface area contributed by atoms with E-state index in [0.29, 0.717) is 12.4 Å². The van der Waals surface area contributed by atoms with Crippen molar-refractivity contribution >= 4 is 17.0 Å². The van der Waals surface area contributed by atoms with Gasteiger partial charge in [0.2, 0.25) is 0 Å². The zero-order chi connectivity index (χ0) is 21.9. The van der Waals surface area contributed by atoms with Crippen LogP contribution < -0.4 is 9.46 Å². The lowest BCUT2D eigenvalue weighted by atomic mass is 10.0. The van der Waals surface area contributed by atoms with Crippen LogP contribution in [0.25, 0.3) is 0 Å². The lowest BCUT2D eigenvalue weighted by molar-refractivity contribution is 0.334. The molecule has 0 heterocycles. The summed E-state index contributed by atoms with van der Waals surface area (Å²) in [6.45, 7) is 4.89. The maximum Gasteiger partial charge on any atom is 0.261 e. The van der Waals surface area contributed by atoms with Gasteiger partial charge in [-0.25, -0.2) is 4.21 Å². The van der Waals surface area contributed by atoms with Crippen molar-refractivity contribution in [3.63, 3.8) is 0 Å². The highest BCUT2D eigenvalue weighted by atomic mass is 32.2. The predicted octanol–water partition coefficient (Wildman–Crippen LogP) is 7.75. The molecule has 1 atom stereocenters. The number of rotatable bonds is 20. The maximum absolute atomic E-state index is 12.1. The molecule has 0 saturated heterocycles. The summed E-state index contributed by atoms with van der Waals surface area (Å²) in [5.41, 5.74) is 1.89. The molecule has 1 aromatic rings. The molecule has 5 heteroatoms. The number of hydrogen-bond acceptors (Lipinski definition) is 3. The van der Waals surface area contributed by atoms with Crippen LogP contribution in [0.2, 0.25) is 0 Å². The molecule has 0 aliphatic carbocycles. The topological polar surface area (TPSA) is 47.6 Å².